The third kappa shape index (κ3) is 2.21. The number of rotatable bonds is 1. The SMILES string of the molecule is CC1=Cc2cc3[nH]c(=O)oc3cc2C(c2cc3c(F)cccc3s2)O1. The summed E-state index contributed by atoms with van der Waals surface area (Å²) in [5, 5.41) is 0.592. The molecule has 25 heavy (non-hydrogen) atoms. The molecule has 0 saturated carbocycles. The molecule has 0 amide bonds. The molecule has 4 aromatic rings. The first-order chi connectivity index (χ1) is 12.1. The quantitative estimate of drug-likeness (QED) is 0.526. The normalized spacial score (nSPS) is 16.7. The van der Waals surface area contributed by atoms with E-state index in [0.29, 0.717) is 16.5 Å². The lowest BCUT2D eigenvalue weighted by Gasteiger charge is -2.25. The van der Waals surface area contributed by atoms with Crippen molar-refractivity contribution in [1.29, 1.82) is 0 Å². The maximum Gasteiger partial charge on any atom is 0.417 e. The van der Waals surface area contributed by atoms with Crippen molar-refractivity contribution in [3.63, 3.8) is 0 Å². The second-order valence-corrected chi connectivity index (χ2v) is 7.16. The monoisotopic (exact) mass is 353 g/mol. The first kappa shape index (κ1) is 14.5. The summed E-state index contributed by atoms with van der Waals surface area (Å²) in [6.45, 7) is 1.88. The molecular formula is C19H12FNO3S. The molecule has 5 rings (SSSR count). The van der Waals surface area contributed by atoms with E-state index < -0.39 is 5.76 Å². The van der Waals surface area contributed by atoms with Gasteiger partial charge in [-0.15, -0.1) is 11.3 Å². The average Bonchev–Trinajstić information content (AvgIpc) is 3.15. The summed E-state index contributed by atoms with van der Waals surface area (Å²) in [6, 6.07) is 10.6. The lowest BCUT2D eigenvalue weighted by atomic mass is 9.97. The molecule has 1 aliphatic heterocycles. The second-order valence-electron chi connectivity index (χ2n) is 6.05. The van der Waals surface area contributed by atoms with Crippen molar-refractivity contribution in [1.82, 2.24) is 4.98 Å². The maximum absolute atomic E-state index is 14.1. The van der Waals surface area contributed by atoms with Crippen LogP contribution in [0.3, 0.4) is 0 Å². The number of oxazole rings is 1. The first-order valence-corrected chi connectivity index (χ1v) is 8.60. The number of allylic oxidation sites excluding steroid dienone is 1. The van der Waals surface area contributed by atoms with Gasteiger partial charge in [-0.1, -0.05) is 6.07 Å². The molecular weight excluding hydrogens is 341 g/mol. The fourth-order valence-corrected chi connectivity index (χ4v) is 4.40. The summed E-state index contributed by atoms with van der Waals surface area (Å²) in [6.07, 6.45) is 1.56. The summed E-state index contributed by atoms with van der Waals surface area (Å²) >= 11 is 1.50. The topological polar surface area (TPSA) is 55.2 Å². The summed E-state index contributed by atoms with van der Waals surface area (Å²) in [7, 11) is 0. The van der Waals surface area contributed by atoms with Crippen molar-refractivity contribution in [2.75, 3.05) is 0 Å². The van der Waals surface area contributed by atoms with Gasteiger partial charge in [0.05, 0.1) is 16.2 Å². The molecule has 1 N–H and O–H groups in total. The Morgan fingerprint density at radius 3 is 2.96 bits per heavy atom. The standard InChI is InChI=1S/C19H12FNO3S/c1-9-5-10-6-14-15(24-19(22)21-14)7-11(10)18(23-9)17-8-12-13(20)3-2-4-16(12)25-17/h2-8,18H,1H3,(H,21,22). The van der Waals surface area contributed by atoms with Gasteiger partial charge < -0.3 is 9.15 Å². The predicted octanol–water partition coefficient (Wildman–Crippen LogP) is 4.96. The van der Waals surface area contributed by atoms with Gasteiger partial charge in [-0.2, -0.15) is 0 Å². The van der Waals surface area contributed by atoms with Crippen molar-refractivity contribution in [2.45, 2.75) is 13.0 Å². The average molecular weight is 353 g/mol. The molecule has 0 bridgehead atoms. The van der Waals surface area contributed by atoms with Crippen LogP contribution in [-0.4, -0.2) is 4.98 Å². The molecule has 0 radical (unpaired) electrons. The van der Waals surface area contributed by atoms with Crippen LogP contribution >= 0.6 is 11.3 Å². The van der Waals surface area contributed by atoms with Gasteiger partial charge in [-0.25, -0.2) is 9.18 Å². The third-order valence-corrected chi connectivity index (χ3v) is 5.50. The highest BCUT2D eigenvalue weighted by atomic mass is 32.1. The van der Waals surface area contributed by atoms with Crippen molar-refractivity contribution in [3.05, 3.63) is 74.5 Å². The maximum atomic E-state index is 14.1. The Hall–Kier alpha value is -2.86. The molecule has 1 aliphatic rings. The van der Waals surface area contributed by atoms with E-state index in [4.69, 9.17) is 9.15 Å². The molecule has 1 unspecified atom stereocenters. The lowest BCUT2D eigenvalue weighted by Crippen LogP contribution is -2.09. The van der Waals surface area contributed by atoms with Gasteiger partial charge in [0.2, 0.25) is 0 Å². The van der Waals surface area contributed by atoms with E-state index in [2.05, 4.69) is 4.98 Å². The number of ether oxygens (including phenoxy) is 1. The minimum Gasteiger partial charge on any atom is -0.485 e. The Balaban J connectivity index is 1.74. The highest BCUT2D eigenvalue weighted by molar-refractivity contribution is 7.19. The van der Waals surface area contributed by atoms with E-state index in [9.17, 15) is 9.18 Å². The highest BCUT2D eigenvalue weighted by Gasteiger charge is 2.26. The second kappa shape index (κ2) is 5.07. The van der Waals surface area contributed by atoms with E-state index in [1.807, 2.05) is 37.3 Å². The molecule has 0 aliphatic carbocycles. The van der Waals surface area contributed by atoms with E-state index in [0.717, 1.165) is 26.5 Å². The predicted molar refractivity (Wildman–Crippen MR) is 95.2 cm³/mol. The van der Waals surface area contributed by atoms with Crippen LogP contribution < -0.4 is 5.76 Å². The van der Waals surface area contributed by atoms with Crippen LogP contribution in [0.2, 0.25) is 0 Å². The van der Waals surface area contributed by atoms with Crippen LogP contribution in [0.25, 0.3) is 27.3 Å². The van der Waals surface area contributed by atoms with Crippen molar-refractivity contribution < 1.29 is 13.5 Å². The summed E-state index contributed by atoms with van der Waals surface area (Å²) in [4.78, 5) is 15.0. The van der Waals surface area contributed by atoms with Crippen LogP contribution in [0.15, 0.2) is 51.4 Å². The molecule has 2 aromatic heterocycles. The van der Waals surface area contributed by atoms with Gasteiger partial charge in [0.1, 0.15) is 5.82 Å². The van der Waals surface area contributed by atoms with Gasteiger partial charge in [0.25, 0.3) is 0 Å². The number of aromatic nitrogens is 1. The zero-order valence-electron chi connectivity index (χ0n) is 13.1. The molecule has 0 spiro atoms. The van der Waals surface area contributed by atoms with Gasteiger partial charge in [-0.3, -0.25) is 4.98 Å². The lowest BCUT2D eigenvalue weighted by molar-refractivity contribution is 0.153. The van der Waals surface area contributed by atoms with Gasteiger partial charge in [-0.05, 0) is 48.9 Å². The van der Waals surface area contributed by atoms with E-state index >= 15 is 0 Å². The van der Waals surface area contributed by atoms with Gasteiger partial charge >= 0.3 is 5.76 Å². The molecule has 0 fully saturated rings. The molecule has 3 heterocycles. The number of H-pyrrole nitrogens is 1. The highest BCUT2D eigenvalue weighted by Crippen LogP contribution is 2.42. The Bertz CT molecular complexity index is 1230. The largest absolute Gasteiger partial charge is 0.485 e. The van der Waals surface area contributed by atoms with Gasteiger partial charge in [0, 0.05) is 15.6 Å². The smallest absolute Gasteiger partial charge is 0.417 e. The fraction of sp³-hybridized carbons (Fsp3) is 0.105. The van der Waals surface area contributed by atoms with Crippen molar-refractivity contribution >= 4 is 38.6 Å². The Morgan fingerprint density at radius 1 is 1.24 bits per heavy atom. The van der Waals surface area contributed by atoms with Crippen LogP contribution in [0.4, 0.5) is 4.39 Å². The number of halogens is 1. The molecule has 124 valence electrons. The van der Waals surface area contributed by atoms with Crippen LogP contribution in [-0.2, 0) is 4.74 Å². The van der Waals surface area contributed by atoms with E-state index in [1.165, 1.54) is 17.4 Å². The number of benzene rings is 2. The number of fused-ring (bicyclic) bond motifs is 3. The van der Waals surface area contributed by atoms with Crippen molar-refractivity contribution in [2.24, 2.45) is 0 Å². The van der Waals surface area contributed by atoms with Gasteiger partial charge in [0.15, 0.2) is 11.7 Å². The Labute approximate surface area is 145 Å². The van der Waals surface area contributed by atoms with E-state index in [1.54, 1.807) is 6.07 Å². The molecule has 1 atom stereocenters. The summed E-state index contributed by atoms with van der Waals surface area (Å²) < 4.78 is 26.1. The zero-order chi connectivity index (χ0) is 17.1. The summed E-state index contributed by atoms with van der Waals surface area (Å²) in [5.74, 6) is 0.0375. The van der Waals surface area contributed by atoms with Crippen molar-refractivity contribution in [3.8, 4) is 0 Å². The molecule has 6 heteroatoms. The number of nitrogens with one attached hydrogen (secondary N) is 1. The Kier molecular flexibility index (Phi) is 2.93. The number of hydrogen-bond acceptors (Lipinski definition) is 4. The van der Waals surface area contributed by atoms with Crippen LogP contribution in [0, 0.1) is 5.82 Å². The third-order valence-electron chi connectivity index (χ3n) is 4.36. The summed E-state index contributed by atoms with van der Waals surface area (Å²) in [5.41, 5.74) is 2.98. The first-order valence-electron chi connectivity index (χ1n) is 7.78. The Morgan fingerprint density at radius 2 is 2.12 bits per heavy atom. The molecule has 0 saturated heterocycles. The zero-order valence-corrected chi connectivity index (χ0v) is 13.9. The number of aromatic amines is 1. The number of hydrogen-bond donors (Lipinski definition) is 1. The molecule has 2 aromatic carbocycles. The molecule has 4 nitrogen and oxygen atoms in total. The fourth-order valence-electron chi connectivity index (χ4n) is 3.27. The number of thiophene rings is 1. The van der Waals surface area contributed by atoms with E-state index in [-0.39, 0.29) is 11.9 Å². The minimum atomic E-state index is -0.487. The minimum absolute atomic E-state index is 0.240. The van der Waals surface area contributed by atoms with Crippen LogP contribution in [0.5, 0.6) is 0 Å². The van der Waals surface area contributed by atoms with Crippen LogP contribution in [0.1, 0.15) is 29.0 Å².